The number of piperazine rings is 1. The maximum absolute atomic E-state index is 12.6. The number of nitrogens with one attached hydrogen (secondary N) is 1. The molecule has 1 aromatic rings. The summed E-state index contributed by atoms with van der Waals surface area (Å²) in [5.74, 6) is -0.334. The van der Waals surface area contributed by atoms with Gasteiger partial charge in [-0.05, 0) is 18.6 Å². The summed E-state index contributed by atoms with van der Waals surface area (Å²) in [7, 11) is 1.64. The highest BCUT2D eigenvalue weighted by atomic mass is 16.2. The van der Waals surface area contributed by atoms with Gasteiger partial charge in [0.2, 0.25) is 5.91 Å². The number of hydrogen-bond acceptors (Lipinski definition) is 6. The number of likely N-dealkylation sites (N-methyl/N-ethyl adjacent to an activating group) is 1. The quantitative estimate of drug-likeness (QED) is 0.785. The Morgan fingerprint density at radius 2 is 2.12 bits per heavy atom. The highest BCUT2D eigenvalue weighted by Crippen LogP contribution is 2.19. The number of anilines is 1. The van der Waals surface area contributed by atoms with Gasteiger partial charge in [0.05, 0.1) is 24.6 Å². The Balaban J connectivity index is 1.64. The number of rotatable bonds is 4. The van der Waals surface area contributed by atoms with Crippen LogP contribution in [0.2, 0.25) is 0 Å². The van der Waals surface area contributed by atoms with E-state index in [0.29, 0.717) is 18.5 Å². The molecule has 1 N–H and O–H groups in total. The second kappa shape index (κ2) is 7.74. The molecule has 25 heavy (non-hydrogen) atoms. The molecule has 0 aromatic carbocycles. The van der Waals surface area contributed by atoms with Crippen LogP contribution in [0.25, 0.3) is 0 Å². The third kappa shape index (κ3) is 4.22. The molecule has 1 saturated heterocycles. The van der Waals surface area contributed by atoms with E-state index in [2.05, 4.69) is 15.2 Å². The molecule has 1 amide bonds. The summed E-state index contributed by atoms with van der Waals surface area (Å²) in [5.41, 5.74) is 1.77. The van der Waals surface area contributed by atoms with Crippen molar-refractivity contribution in [2.45, 2.75) is 31.7 Å². The standard InChI is InChI=1S/C18H24N4O3/c1-21(16-3-2-15(23)12-17(16)24)18(25)11-13-10-14(4-5-20-13)22-8-6-19-7-9-22/h4-5,10,16,19H,2-3,6-9,11-12H2,1H3. The normalized spacial score (nSPS) is 21.3. The zero-order valence-electron chi connectivity index (χ0n) is 14.5. The second-order valence-corrected chi connectivity index (χ2v) is 6.66. The summed E-state index contributed by atoms with van der Waals surface area (Å²) in [6.45, 7) is 3.76. The maximum atomic E-state index is 12.6. The van der Waals surface area contributed by atoms with E-state index in [1.807, 2.05) is 12.1 Å². The molecule has 7 heteroatoms. The molecular weight excluding hydrogens is 320 g/mol. The van der Waals surface area contributed by atoms with E-state index in [-0.39, 0.29) is 30.3 Å². The zero-order valence-corrected chi connectivity index (χ0v) is 14.5. The molecule has 2 fully saturated rings. The van der Waals surface area contributed by atoms with Gasteiger partial charge in [-0.25, -0.2) is 0 Å². The van der Waals surface area contributed by atoms with Crippen molar-refractivity contribution in [3.63, 3.8) is 0 Å². The van der Waals surface area contributed by atoms with E-state index in [1.165, 1.54) is 4.90 Å². The maximum Gasteiger partial charge on any atom is 0.228 e. The number of pyridine rings is 1. The molecule has 0 bridgehead atoms. The van der Waals surface area contributed by atoms with Gasteiger partial charge in [-0.2, -0.15) is 0 Å². The van der Waals surface area contributed by atoms with E-state index in [1.54, 1.807) is 13.2 Å². The summed E-state index contributed by atoms with van der Waals surface area (Å²) < 4.78 is 0. The minimum atomic E-state index is -0.485. The molecule has 134 valence electrons. The highest BCUT2D eigenvalue weighted by Gasteiger charge is 2.32. The first-order chi connectivity index (χ1) is 12.0. The lowest BCUT2D eigenvalue weighted by atomic mass is 9.92. The summed E-state index contributed by atoms with van der Waals surface area (Å²) in [6.07, 6.45) is 2.62. The minimum absolute atomic E-state index is 0.0347. The van der Waals surface area contributed by atoms with Gasteiger partial charge in [-0.1, -0.05) is 0 Å². The lowest BCUT2D eigenvalue weighted by Crippen LogP contribution is -2.46. The Kier molecular flexibility index (Phi) is 5.43. The average Bonchev–Trinajstić information content (AvgIpc) is 2.62. The van der Waals surface area contributed by atoms with Crippen LogP contribution in [0.4, 0.5) is 5.69 Å². The van der Waals surface area contributed by atoms with Gasteiger partial charge in [0.1, 0.15) is 5.78 Å². The first-order valence-corrected chi connectivity index (χ1v) is 8.75. The van der Waals surface area contributed by atoms with Gasteiger partial charge in [-0.15, -0.1) is 0 Å². The molecule has 1 aliphatic carbocycles. The Morgan fingerprint density at radius 3 is 2.84 bits per heavy atom. The molecule has 2 heterocycles. The SMILES string of the molecule is CN(C(=O)Cc1cc(N2CCNCC2)ccn1)C1CCC(=O)CC1=O. The highest BCUT2D eigenvalue weighted by molar-refractivity contribution is 6.05. The summed E-state index contributed by atoms with van der Waals surface area (Å²) in [5, 5.41) is 3.32. The van der Waals surface area contributed by atoms with Crippen molar-refractivity contribution in [1.82, 2.24) is 15.2 Å². The molecule has 2 aliphatic rings. The third-order valence-electron chi connectivity index (χ3n) is 4.92. The summed E-state index contributed by atoms with van der Waals surface area (Å²) in [6, 6.07) is 3.42. The first kappa shape index (κ1) is 17.5. The number of aromatic nitrogens is 1. The number of carbonyl (C=O) groups excluding carboxylic acids is 3. The predicted octanol–water partition coefficient (Wildman–Crippen LogP) is 0.183. The minimum Gasteiger partial charge on any atom is -0.369 e. The van der Waals surface area contributed by atoms with Crippen LogP contribution < -0.4 is 10.2 Å². The van der Waals surface area contributed by atoms with Crippen LogP contribution in [-0.4, -0.2) is 66.6 Å². The van der Waals surface area contributed by atoms with Crippen molar-refractivity contribution < 1.29 is 14.4 Å². The van der Waals surface area contributed by atoms with Gasteiger partial charge in [0.25, 0.3) is 0 Å². The van der Waals surface area contributed by atoms with Crippen LogP contribution in [0.1, 0.15) is 25.0 Å². The van der Waals surface area contributed by atoms with E-state index in [9.17, 15) is 14.4 Å². The smallest absolute Gasteiger partial charge is 0.228 e. The fourth-order valence-electron chi connectivity index (χ4n) is 3.40. The van der Waals surface area contributed by atoms with E-state index in [0.717, 1.165) is 31.9 Å². The molecule has 1 aromatic heterocycles. The Labute approximate surface area is 147 Å². The summed E-state index contributed by atoms with van der Waals surface area (Å²) >= 11 is 0. The molecule has 1 unspecified atom stereocenters. The predicted molar refractivity (Wildman–Crippen MR) is 93.4 cm³/mol. The number of amides is 1. The van der Waals surface area contributed by atoms with Crippen molar-refractivity contribution in [1.29, 1.82) is 0 Å². The van der Waals surface area contributed by atoms with Gasteiger partial charge < -0.3 is 15.1 Å². The molecule has 3 rings (SSSR count). The first-order valence-electron chi connectivity index (χ1n) is 8.75. The van der Waals surface area contributed by atoms with E-state index < -0.39 is 6.04 Å². The van der Waals surface area contributed by atoms with Gasteiger partial charge in [0, 0.05) is 51.5 Å². The van der Waals surface area contributed by atoms with Crippen LogP contribution in [0, 0.1) is 0 Å². The number of nitrogens with zero attached hydrogens (tertiary/aromatic N) is 3. The van der Waals surface area contributed by atoms with Crippen LogP contribution in [0.5, 0.6) is 0 Å². The fraction of sp³-hybridized carbons (Fsp3) is 0.556. The monoisotopic (exact) mass is 344 g/mol. The summed E-state index contributed by atoms with van der Waals surface area (Å²) in [4.78, 5) is 44.0. The molecule has 0 radical (unpaired) electrons. The van der Waals surface area contributed by atoms with Crippen LogP contribution in [0.3, 0.4) is 0 Å². The topological polar surface area (TPSA) is 82.6 Å². The Bertz CT molecular complexity index is 670. The molecular formula is C18H24N4O3. The largest absolute Gasteiger partial charge is 0.369 e. The van der Waals surface area contributed by atoms with Crippen LogP contribution in [-0.2, 0) is 20.8 Å². The molecule has 1 aliphatic heterocycles. The van der Waals surface area contributed by atoms with Gasteiger partial charge in [-0.3, -0.25) is 19.4 Å². The van der Waals surface area contributed by atoms with Gasteiger partial charge in [0.15, 0.2) is 5.78 Å². The average molecular weight is 344 g/mol. The number of hydrogen-bond donors (Lipinski definition) is 1. The van der Waals surface area contributed by atoms with Crippen LogP contribution >= 0.6 is 0 Å². The van der Waals surface area contributed by atoms with Crippen molar-refractivity contribution in [3.05, 3.63) is 24.0 Å². The van der Waals surface area contributed by atoms with Crippen molar-refractivity contribution in [2.24, 2.45) is 0 Å². The fourth-order valence-corrected chi connectivity index (χ4v) is 3.40. The van der Waals surface area contributed by atoms with E-state index in [4.69, 9.17) is 0 Å². The number of ketones is 2. The second-order valence-electron chi connectivity index (χ2n) is 6.66. The van der Waals surface area contributed by atoms with E-state index >= 15 is 0 Å². The number of Topliss-reactive ketones (excluding diaryl/α,β-unsaturated/α-hetero) is 2. The van der Waals surface area contributed by atoms with Crippen molar-refractivity contribution >= 4 is 23.2 Å². The number of carbonyl (C=O) groups is 3. The molecule has 1 atom stereocenters. The molecule has 7 nitrogen and oxygen atoms in total. The van der Waals surface area contributed by atoms with Gasteiger partial charge >= 0.3 is 0 Å². The van der Waals surface area contributed by atoms with Crippen LogP contribution in [0.15, 0.2) is 18.3 Å². The molecule has 1 saturated carbocycles. The van der Waals surface area contributed by atoms with Crippen molar-refractivity contribution in [2.75, 3.05) is 38.1 Å². The lowest BCUT2D eigenvalue weighted by Gasteiger charge is -2.30. The lowest BCUT2D eigenvalue weighted by molar-refractivity contribution is -0.141. The Hall–Kier alpha value is -2.28. The molecule has 0 spiro atoms. The zero-order chi connectivity index (χ0) is 17.8. The Morgan fingerprint density at radius 1 is 1.36 bits per heavy atom. The third-order valence-corrected chi connectivity index (χ3v) is 4.92. The van der Waals surface area contributed by atoms with Crippen molar-refractivity contribution in [3.8, 4) is 0 Å².